The van der Waals surface area contributed by atoms with Crippen LogP contribution in [0.4, 0.5) is 0 Å². The van der Waals surface area contributed by atoms with Crippen LogP contribution in [0, 0.1) is 5.92 Å². The molecule has 0 aliphatic carbocycles. The van der Waals surface area contributed by atoms with E-state index >= 15 is 0 Å². The summed E-state index contributed by atoms with van der Waals surface area (Å²) in [6.45, 7) is 7.24. The van der Waals surface area contributed by atoms with Crippen LogP contribution in [0.3, 0.4) is 0 Å². The van der Waals surface area contributed by atoms with Crippen molar-refractivity contribution in [2.24, 2.45) is 5.92 Å². The number of carbonyl (C=O) groups excluding carboxylic acids is 1. The van der Waals surface area contributed by atoms with Crippen LogP contribution >= 0.6 is 0 Å². The van der Waals surface area contributed by atoms with Crippen molar-refractivity contribution in [1.29, 1.82) is 0 Å². The van der Waals surface area contributed by atoms with Gasteiger partial charge in [0.25, 0.3) is 0 Å². The molecule has 5 heteroatoms. The Balaban J connectivity index is 1.78. The number of unbranched alkanes of at least 4 members (excludes halogenated alkanes) is 5. The lowest BCUT2D eigenvalue weighted by Gasteiger charge is -2.11. The number of hydrogen-bond donors (Lipinski definition) is 0. The van der Waals surface area contributed by atoms with Crippen LogP contribution in [-0.2, 0) is 4.79 Å². The minimum atomic E-state index is -0.245. The van der Waals surface area contributed by atoms with E-state index in [0.717, 1.165) is 36.3 Å². The van der Waals surface area contributed by atoms with E-state index in [-0.39, 0.29) is 11.8 Å². The summed E-state index contributed by atoms with van der Waals surface area (Å²) in [6, 6.07) is 7.79. The van der Waals surface area contributed by atoms with Crippen molar-refractivity contribution in [3.05, 3.63) is 36.7 Å². The maximum Gasteiger partial charge on any atom is 0.312 e. The normalized spacial score (nSPS) is 11.8. The van der Waals surface area contributed by atoms with Crippen LogP contribution in [0.1, 0.15) is 72.1 Å². The average molecular weight is 399 g/mol. The molecule has 0 amide bonds. The fourth-order valence-corrected chi connectivity index (χ4v) is 2.81. The number of carbonyl (C=O) groups is 1. The molecule has 0 aliphatic heterocycles. The van der Waals surface area contributed by atoms with Gasteiger partial charge in [-0.2, -0.15) is 0 Å². The van der Waals surface area contributed by atoms with Gasteiger partial charge in [0, 0.05) is 12.0 Å². The van der Waals surface area contributed by atoms with Gasteiger partial charge in [0.05, 0.1) is 24.7 Å². The zero-order valence-electron chi connectivity index (χ0n) is 18.0. The number of ether oxygens (including phenoxy) is 2. The van der Waals surface area contributed by atoms with Crippen molar-refractivity contribution in [2.75, 3.05) is 6.61 Å². The first-order valence-corrected chi connectivity index (χ1v) is 10.9. The van der Waals surface area contributed by atoms with Gasteiger partial charge in [0.15, 0.2) is 0 Å². The first-order valence-electron chi connectivity index (χ1n) is 10.9. The summed E-state index contributed by atoms with van der Waals surface area (Å²) in [7, 11) is 0. The lowest BCUT2D eigenvalue weighted by atomic mass is 10.1. The lowest BCUT2D eigenvalue weighted by Crippen LogP contribution is -2.09. The Hall–Kier alpha value is -2.43. The van der Waals surface area contributed by atoms with Crippen LogP contribution in [0.2, 0.25) is 0 Å². The van der Waals surface area contributed by atoms with Gasteiger partial charge in [-0.15, -0.1) is 0 Å². The third kappa shape index (κ3) is 8.63. The van der Waals surface area contributed by atoms with E-state index < -0.39 is 0 Å². The van der Waals surface area contributed by atoms with Crippen LogP contribution < -0.4 is 9.47 Å². The Morgan fingerprint density at radius 3 is 2.34 bits per heavy atom. The van der Waals surface area contributed by atoms with E-state index in [4.69, 9.17) is 9.47 Å². The number of benzene rings is 1. The zero-order valence-corrected chi connectivity index (χ0v) is 18.0. The molecule has 29 heavy (non-hydrogen) atoms. The molecule has 1 aromatic heterocycles. The van der Waals surface area contributed by atoms with E-state index in [2.05, 4.69) is 30.7 Å². The fraction of sp³-hybridized carbons (Fsp3) is 0.542. The van der Waals surface area contributed by atoms with Crippen molar-refractivity contribution < 1.29 is 14.3 Å². The number of rotatable bonds is 13. The Morgan fingerprint density at radius 1 is 0.966 bits per heavy atom. The third-order valence-electron chi connectivity index (χ3n) is 4.96. The minimum absolute atomic E-state index is 0.245. The van der Waals surface area contributed by atoms with Gasteiger partial charge in [-0.3, -0.25) is 4.79 Å². The predicted molar refractivity (Wildman–Crippen MR) is 116 cm³/mol. The molecular weight excluding hydrogens is 364 g/mol. The maximum absolute atomic E-state index is 11.9. The molecule has 1 heterocycles. The van der Waals surface area contributed by atoms with Crippen molar-refractivity contribution in [1.82, 2.24) is 9.97 Å². The molecule has 0 saturated carbocycles. The first-order chi connectivity index (χ1) is 14.1. The van der Waals surface area contributed by atoms with Crippen molar-refractivity contribution in [3.8, 4) is 22.9 Å². The van der Waals surface area contributed by atoms with Crippen molar-refractivity contribution in [3.63, 3.8) is 0 Å². The molecule has 2 aromatic rings. The molecular formula is C24H34N2O3. The van der Waals surface area contributed by atoms with Gasteiger partial charge < -0.3 is 9.47 Å². The Kier molecular flexibility index (Phi) is 10.2. The molecule has 0 spiro atoms. The van der Waals surface area contributed by atoms with Crippen LogP contribution in [0.25, 0.3) is 11.3 Å². The number of hydrogen-bond acceptors (Lipinski definition) is 5. The van der Waals surface area contributed by atoms with Gasteiger partial charge in [0.2, 0.25) is 5.88 Å². The quantitative estimate of drug-likeness (QED) is 0.296. The lowest BCUT2D eigenvalue weighted by molar-refractivity contribution is -0.134. The second-order valence-corrected chi connectivity index (χ2v) is 7.58. The van der Waals surface area contributed by atoms with Crippen molar-refractivity contribution in [2.45, 2.75) is 72.1 Å². The molecule has 0 radical (unpaired) electrons. The van der Waals surface area contributed by atoms with Crippen LogP contribution in [0.5, 0.6) is 11.6 Å². The smallest absolute Gasteiger partial charge is 0.312 e. The second kappa shape index (κ2) is 12.9. The Bertz CT molecular complexity index is 714. The van der Waals surface area contributed by atoms with Gasteiger partial charge in [0.1, 0.15) is 5.75 Å². The molecule has 1 atom stereocenters. The van der Waals surface area contributed by atoms with Gasteiger partial charge in [-0.25, -0.2) is 9.97 Å². The minimum Gasteiger partial charge on any atom is -0.493 e. The molecule has 1 unspecified atom stereocenters. The highest BCUT2D eigenvalue weighted by Crippen LogP contribution is 2.22. The monoisotopic (exact) mass is 398 g/mol. The van der Waals surface area contributed by atoms with Gasteiger partial charge in [-0.1, -0.05) is 59.3 Å². The highest BCUT2D eigenvalue weighted by atomic mass is 16.5. The predicted octanol–water partition coefficient (Wildman–Crippen LogP) is 6.22. The summed E-state index contributed by atoms with van der Waals surface area (Å²) in [5, 5.41) is 0. The summed E-state index contributed by atoms with van der Waals surface area (Å²) in [4.78, 5) is 20.5. The number of aromatic nitrogens is 2. The van der Waals surface area contributed by atoms with E-state index in [1.165, 1.54) is 31.9 Å². The largest absolute Gasteiger partial charge is 0.493 e. The van der Waals surface area contributed by atoms with Crippen LogP contribution in [-0.4, -0.2) is 22.5 Å². The first kappa shape index (κ1) is 22.9. The molecule has 0 saturated heterocycles. The van der Waals surface area contributed by atoms with E-state index in [1.54, 1.807) is 6.20 Å². The van der Waals surface area contributed by atoms with Crippen molar-refractivity contribution >= 4 is 5.97 Å². The molecule has 0 bridgehead atoms. The molecule has 158 valence electrons. The van der Waals surface area contributed by atoms with Gasteiger partial charge in [-0.05, 0) is 36.6 Å². The maximum atomic E-state index is 11.9. The summed E-state index contributed by atoms with van der Waals surface area (Å²) in [5.74, 6) is 1.39. The van der Waals surface area contributed by atoms with Crippen LogP contribution in [0.15, 0.2) is 36.7 Å². The SMILES string of the molecule is CCCCCCCCC(=O)Oc1cnc(-c2ccc(OCC(C)CC)cc2)cn1. The second-order valence-electron chi connectivity index (χ2n) is 7.58. The summed E-state index contributed by atoms with van der Waals surface area (Å²) < 4.78 is 11.1. The Morgan fingerprint density at radius 2 is 1.69 bits per heavy atom. The zero-order chi connectivity index (χ0) is 20.9. The molecule has 0 aliphatic rings. The molecule has 5 nitrogen and oxygen atoms in total. The average Bonchev–Trinajstić information content (AvgIpc) is 2.75. The van der Waals surface area contributed by atoms with E-state index in [9.17, 15) is 4.79 Å². The number of esters is 1. The fourth-order valence-electron chi connectivity index (χ4n) is 2.81. The number of nitrogens with zero attached hydrogens (tertiary/aromatic N) is 2. The molecule has 1 aromatic carbocycles. The standard InChI is InChI=1S/C24H34N2O3/c1-4-6-7-8-9-10-11-24(27)29-23-17-25-22(16-26-23)20-12-14-21(15-13-20)28-18-19(3)5-2/h12-17,19H,4-11,18H2,1-3H3. The Labute approximate surface area is 174 Å². The topological polar surface area (TPSA) is 61.3 Å². The van der Waals surface area contributed by atoms with E-state index in [0.29, 0.717) is 18.9 Å². The van der Waals surface area contributed by atoms with E-state index in [1.807, 2.05) is 24.3 Å². The summed E-state index contributed by atoms with van der Waals surface area (Å²) in [5.41, 5.74) is 1.67. The highest BCUT2D eigenvalue weighted by Gasteiger charge is 2.08. The summed E-state index contributed by atoms with van der Waals surface area (Å²) >= 11 is 0. The summed E-state index contributed by atoms with van der Waals surface area (Å²) in [6.07, 6.45) is 11.5. The third-order valence-corrected chi connectivity index (χ3v) is 4.96. The highest BCUT2D eigenvalue weighted by molar-refractivity contribution is 5.71. The van der Waals surface area contributed by atoms with Gasteiger partial charge >= 0.3 is 5.97 Å². The molecule has 2 rings (SSSR count). The molecule has 0 N–H and O–H groups in total. The molecule has 0 fully saturated rings.